The van der Waals surface area contributed by atoms with E-state index in [1.54, 1.807) is 20.1 Å². The maximum Gasteiger partial charge on any atom is 0.319 e. The Labute approximate surface area is 204 Å². The van der Waals surface area contributed by atoms with Gasteiger partial charge in [0.25, 0.3) is 0 Å². The van der Waals surface area contributed by atoms with Crippen molar-refractivity contribution in [3.05, 3.63) is 76.7 Å². The highest BCUT2D eigenvalue weighted by Crippen LogP contribution is 2.42. The Bertz CT molecular complexity index is 1300. The van der Waals surface area contributed by atoms with Gasteiger partial charge in [0, 0.05) is 0 Å². The van der Waals surface area contributed by atoms with Gasteiger partial charge in [0.1, 0.15) is 10.7 Å². The standard InChI is InChI=1S/C25H27ClN2O5S/c1-25(2,15-16-7-4-3-5-8-16)34(31,32)23-18(26)11-12-19(21(23)29)27-24(30)28-20-10-6-9-17-13-14-33-22(17)20/h3-5,7-8,11-14,20,29H,6,9-10,15H2,1-2H3,(H2,27,28,30)/t20-/m0/s1. The zero-order valence-electron chi connectivity index (χ0n) is 19.0. The minimum Gasteiger partial charge on any atom is -0.504 e. The van der Waals surface area contributed by atoms with Gasteiger partial charge in [0.05, 0.1) is 27.8 Å². The summed E-state index contributed by atoms with van der Waals surface area (Å²) in [4.78, 5) is 12.3. The lowest BCUT2D eigenvalue weighted by molar-refractivity contribution is 0.244. The molecule has 0 saturated heterocycles. The van der Waals surface area contributed by atoms with Crippen molar-refractivity contribution in [2.45, 2.75) is 55.2 Å². The van der Waals surface area contributed by atoms with Crippen molar-refractivity contribution >= 4 is 33.2 Å². The summed E-state index contributed by atoms with van der Waals surface area (Å²) < 4.78 is 31.4. The molecular formula is C25H27ClN2O5S. The van der Waals surface area contributed by atoms with E-state index in [-0.39, 0.29) is 23.2 Å². The molecule has 1 aliphatic carbocycles. The van der Waals surface area contributed by atoms with Gasteiger partial charge in [-0.25, -0.2) is 13.2 Å². The molecule has 3 aromatic rings. The SMILES string of the molecule is CC(C)(Cc1ccccc1)S(=O)(=O)c1c(Cl)ccc(NC(=O)N[C@H]2CCCc3ccoc32)c1O. The maximum atomic E-state index is 13.6. The molecule has 0 saturated carbocycles. The van der Waals surface area contributed by atoms with Gasteiger partial charge < -0.3 is 20.2 Å². The zero-order valence-corrected chi connectivity index (χ0v) is 20.5. The van der Waals surface area contributed by atoms with Crippen molar-refractivity contribution in [1.29, 1.82) is 0 Å². The molecule has 2 aromatic carbocycles. The van der Waals surface area contributed by atoms with Crippen LogP contribution in [0.25, 0.3) is 0 Å². The first-order chi connectivity index (χ1) is 16.1. The predicted molar refractivity (Wildman–Crippen MR) is 131 cm³/mol. The van der Waals surface area contributed by atoms with Crippen LogP contribution < -0.4 is 10.6 Å². The van der Waals surface area contributed by atoms with Crippen LogP contribution in [0.1, 0.15) is 49.6 Å². The average Bonchev–Trinajstić information content (AvgIpc) is 3.26. The number of urea groups is 1. The van der Waals surface area contributed by atoms with Gasteiger partial charge in [0.2, 0.25) is 0 Å². The number of rotatable bonds is 6. The van der Waals surface area contributed by atoms with Gasteiger partial charge in [0.15, 0.2) is 15.6 Å². The van der Waals surface area contributed by atoms with Gasteiger partial charge in [-0.2, -0.15) is 0 Å². The van der Waals surface area contributed by atoms with Crippen LogP contribution in [0.3, 0.4) is 0 Å². The number of sulfone groups is 1. The number of hydrogen-bond donors (Lipinski definition) is 3. The van der Waals surface area contributed by atoms with Crippen molar-refractivity contribution < 1.29 is 22.7 Å². The summed E-state index contributed by atoms with van der Waals surface area (Å²) in [5, 5.41) is 16.2. The number of furan rings is 1. The Morgan fingerprint density at radius 1 is 1.18 bits per heavy atom. The number of carbonyl (C=O) groups excluding carboxylic acids is 1. The molecule has 1 aromatic heterocycles. The van der Waals surface area contributed by atoms with Crippen molar-refractivity contribution in [2.75, 3.05) is 5.32 Å². The Morgan fingerprint density at radius 2 is 1.91 bits per heavy atom. The molecule has 1 aliphatic rings. The third kappa shape index (κ3) is 4.65. The van der Waals surface area contributed by atoms with Crippen LogP contribution in [0.15, 0.2) is 64.1 Å². The minimum atomic E-state index is -4.08. The molecule has 0 spiro atoms. The molecule has 1 atom stereocenters. The van der Waals surface area contributed by atoms with E-state index in [4.69, 9.17) is 16.0 Å². The van der Waals surface area contributed by atoms with Crippen LogP contribution in [0.4, 0.5) is 10.5 Å². The molecule has 180 valence electrons. The minimum absolute atomic E-state index is 0.0496. The van der Waals surface area contributed by atoms with E-state index in [0.29, 0.717) is 12.2 Å². The molecule has 7 nitrogen and oxygen atoms in total. The molecule has 4 rings (SSSR count). The number of hydrogen-bond acceptors (Lipinski definition) is 5. The molecule has 34 heavy (non-hydrogen) atoms. The number of nitrogens with one attached hydrogen (secondary N) is 2. The molecule has 9 heteroatoms. The van der Waals surface area contributed by atoms with Gasteiger partial charge >= 0.3 is 6.03 Å². The number of phenols is 1. The molecule has 3 N–H and O–H groups in total. The van der Waals surface area contributed by atoms with Crippen molar-refractivity contribution in [1.82, 2.24) is 5.32 Å². The number of fused-ring (bicyclic) bond motifs is 1. The highest BCUT2D eigenvalue weighted by Gasteiger charge is 2.40. The van der Waals surface area contributed by atoms with Crippen LogP contribution in [0.2, 0.25) is 5.02 Å². The van der Waals surface area contributed by atoms with E-state index in [2.05, 4.69) is 10.6 Å². The second-order valence-corrected chi connectivity index (χ2v) is 12.0. The van der Waals surface area contributed by atoms with Crippen LogP contribution in [0.5, 0.6) is 5.75 Å². The number of carbonyl (C=O) groups is 1. The first-order valence-corrected chi connectivity index (χ1v) is 12.9. The molecule has 2 amide bonds. The summed E-state index contributed by atoms with van der Waals surface area (Å²) in [6.45, 7) is 3.17. The quantitative estimate of drug-likeness (QED) is 0.378. The summed E-state index contributed by atoms with van der Waals surface area (Å²) in [5.74, 6) is 0.124. The molecule has 0 bridgehead atoms. The normalized spacial score (nSPS) is 16.0. The summed E-state index contributed by atoms with van der Waals surface area (Å²) >= 11 is 6.25. The highest BCUT2D eigenvalue weighted by molar-refractivity contribution is 7.93. The third-order valence-corrected chi connectivity index (χ3v) is 9.12. The first-order valence-electron chi connectivity index (χ1n) is 11.0. The van der Waals surface area contributed by atoms with Crippen molar-refractivity contribution in [3.8, 4) is 5.75 Å². The monoisotopic (exact) mass is 502 g/mol. The van der Waals surface area contributed by atoms with Crippen LogP contribution in [-0.2, 0) is 22.7 Å². The Morgan fingerprint density at radius 3 is 2.65 bits per heavy atom. The van der Waals surface area contributed by atoms with Gasteiger partial charge in [-0.1, -0.05) is 41.9 Å². The second kappa shape index (κ2) is 9.35. The van der Waals surface area contributed by atoms with E-state index in [9.17, 15) is 18.3 Å². The fourth-order valence-electron chi connectivity index (χ4n) is 4.30. The lowest BCUT2D eigenvalue weighted by Gasteiger charge is -2.27. The lowest BCUT2D eigenvalue weighted by Crippen LogP contribution is -2.35. The maximum absolute atomic E-state index is 13.6. The van der Waals surface area contributed by atoms with E-state index >= 15 is 0 Å². The van der Waals surface area contributed by atoms with Crippen LogP contribution in [0, 0.1) is 0 Å². The number of anilines is 1. The van der Waals surface area contributed by atoms with Crippen molar-refractivity contribution in [2.24, 2.45) is 0 Å². The predicted octanol–water partition coefficient (Wildman–Crippen LogP) is 5.63. The zero-order chi connectivity index (χ0) is 24.5. The van der Waals surface area contributed by atoms with Gasteiger partial charge in [-0.3, -0.25) is 0 Å². The number of aryl methyl sites for hydroxylation is 1. The number of amides is 2. The molecule has 0 fully saturated rings. The van der Waals surface area contributed by atoms with Crippen molar-refractivity contribution in [3.63, 3.8) is 0 Å². The summed E-state index contributed by atoms with van der Waals surface area (Å²) in [6.07, 6.45) is 4.33. The first kappa shape index (κ1) is 24.2. The number of aromatic hydroxyl groups is 1. The summed E-state index contributed by atoms with van der Waals surface area (Å²) in [5.41, 5.74) is 1.84. The molecule has 0 unspecified atom stereocenters. The lowest BCUT2D eigenvalue weighted by atomic mass is 9.94. The fraction of sp³-hybridized carbons (Fsp3) is 0.320. The number of benzene rings is 2. The molecular weight excluding hydrogens is 476 g/mol. The number of halogens is 1. The highest BCUT2D eigenvalue weighted by atomic mass is 35.5. The fourth-order valence-corrected chi connectivity index (χ4v) is 6.36. The largest absolute Gasteiger partial charge is 0.504 e. The Kier molecular flexibility index (Phi) is 6.64. The molecule has 0 radical (unpaired) electrons. The van der Waals surface area contributed by atoms with Crippen LogP contribution in [-0.4, -0.2) is 24.3 Å². The Hall–Kier alpha value is -2.97. The smallest absolute Gasteiger partial charge is 0.319 e. The topological polar surface area (TPSA) is 109 Å². The molecule has 0 aliphatic heterocycles. The van der Waals surface area contributed by atoms with Gasteiger partial charge in [-0.15, -0.1) is 0 Å². The molecule has 1 heterocycles. The summed E-state index contributed by atoms with van der Waals surface area (Å²) in [7, 11) is -4.08. The summed E-state index contributed by atoms with van der Waals surface area (Å²) in [6, 6.07) is 12.9. The second-order valence-electron chi connectivity index (χ2n) is 9.05. The Balaban J connectivity index is 1.58. The third-order valence-electron chi connectivity index (χ3n) is 6.14. The number of phenolic OH excluding ortho intramolecular Hbond substituents is 1. The van der Waals surface area contributed by atoms with E-state index in [1.165, 1.54) is 12.1 Å². The van der Waals surface area contributed by atoms with E-state index < -0.39 is 31.3 Å². The average molecular weight is 503 g/mol. The van der Waals surface area contributed by atoms with E-state index in [1.807, 2.05) is 36.4 Å². The van der Waals surface area contributed by atoms with E-state index in [0.717, 1.165) is 24.0 Å². The van der Waals surface area contributed by atoms with Gasteiger partial charge in [-0.05, 0) is 68.9 Å². The van der Waals surface area contributed by atoms with Crippen LogP contribution >= 0.6 is 11.6 Å².